The molecule has 178 valence electrons. The van der Waals surface area contributed by atoms with Gasteiger partial charge in [0.15, 0.2) is 0 Å². The highest BCUT2D eigenvalue weighted by Gasteiger charge is 2.18. The van der Waals surface area contributed by atoms with Crippen LogP contribution in [0.3, 0.4) is 0 Å². The van der Waals surface area contributed by atoms with Gasteiger partial charge in [-0.3, -0.25) is 9.52 Å². The Labute approximate surface area is 197 Å². The Bertz CT molecular complexity index is 1280. The summed E-state index contributed by atoms with van der Waals surface area (Å²) in [4.78, 5) is 14.5. The zero-order valence-corrected chi connectivity index (χ0v) is 19.3. The molecular weight excluding hydrogens is 461 g/mol. The van der Waals surface area contributed by atoms with Crippen LogP contribution < -0.4 is 19.7 Å². The Morgan fingerprint density at radius 3 is 2.38 bits per heavy atom. The molecule has 0 unspecified atom stereocenters. The molecule has 0 atom stereocenters. The van der Waals surface area contributed by atoms with E-state index in [1.54, 1.807) is 36.4 Å². The Kier molecular flexibility index (Phi) is 6.99. The first-order valence-electron chi connectivity index (χ1n) is 10.6. The van der Waals surface area contributed by atoms with E-state index >= 15 is 0 Å². The summed E-state index contributed by atoms with van der Waals surface area (Å²) in [6.45, 7) is 2.25. The maximum Gasteiger partial charge on any atom is 0.261 e. The Morgan fingerprint density at radius 1 is 1.00 bits per heavy atom. The van der Waals surface area contributed by atoms with Crippen molar-refractivity contribution in [1.29, 1.82) is 0 Å². The van der Waals surface area contributed by atoms with Crippen molar-refractivity contribution in [3.8, 4) is 5.75 Å². The lowest BCUT2D eigenvalue weighted by molar-refractivity contribution is 0.102. The number of methoxy groups -OCH3 is 1. The minimum absolute atomic E-state index is 0.0789. The third-order valence-electron chi connectivity index (χ3n) is 5.31. The molecule has 0 spiro atoms. The van der Waals surface area contributed by atoms with E-state index in [-0.39, 0.29) is 16.1 Å². The van der Waals surface area contributed by atoms with E-state index in [2.05, 4.69) is 10.0 Å². The number of halogens is 1. The molecule has 1 fully saturated rings. The molecule has 0 saturated carbocycles. The highest BCUT2D eigenvalue weighted by Crippen LogP contribution is 2.25. The van der Waals surface area contributed by atoms with Gasteiger partial charge < -0.3 is 19.7 Å². The van der Waals surface area contributed by atoms with E-state index in [4.69, 9.17) is 9.47 Å². The maximum atomic E-state index is 14.6. The van der Waals surface area contributed by atoms with Gasteiger partial charge in [0, 0.05) is 30.0 Å². The number of ether oxygens (including phenoxy) is 2. The molecule has 0 bridgehead atoms. The number of amides is 1. The van der Waals surface area contributed by atoms with Crippen molar-refractivity contribution in [3.05, 3.63) is 78.1 Å². The molecule has 3 aromatic rings. The third kappa shape index (κ3) is 5.46. The second-order valence-electron chi connectivity index (χ2n) is 7.58. The van der Waals surface area contributed by atoms with Gasteiger partial charge in [-0.15, -0.1) is 0 Å². The number of sulfonamides is 1. The normalized spacial score (nSPS) is 13.9. The summed E-state index contributed by atoms with van der Waals surface area (Å²) >= 11 is 0. The van der Waals surface area contributed by atoms with Crippen molar-refractivity contribution in [2.75, 3.05) is 48.4 Å². The number of nitrogens with zero attached hydrogens (tertiary/aromatic N) is 1. The zero-order chi connectivity index (χ0) is 24.1. The van der Waals surface area contributed by atoms with Crippen molar-refractivity contribution in [2.45, 2.75) is 4.90 Å². The Morgan fingerprint density at radius 2 is 1.71 bits per heavy atom. The Hall–Kier alpha value is -3.63. The predicted molar refractivity (Wildman–Crippen MR) is 128 cm³/mol. The second kappa shape index (κ2) is 10.1. The average molecular weight is 486 g/mol. The van der Waals surface area contributed by atoms with Crippen LogP contribution in [0.2, 0.25) is 0 Å². The molecule has 3 aromatic carbocycles. The molecule has 34 heavy (non-hydrogen) atoms. The summed E-state index contributed by atoms with van der Waals surface area (Å²) in [6, 6.07) is 16.5. The summed E-state index contributed by atoms with van der Waals surface area (Å²) in [7, 11) is -2.42. The first kappa shape index (κ1) is 23.5. The minimum atomic E-state index is -3.93. The van der Waals surface area contributed by atoms with Crippen LogP contribution >= 0.6 is 0 Å². The molecule has 1 heterocycles. The molecule has 10 heteroatoms. The van der Waals surface area contributed by atoms with Gasteiger partial charge in [0.2, 0.25) is 0 Å². The number of hydrogen-bond donors (Lipinski definition) is 2. The van der Waals surface area contributed by atoms with E-state index in [0.29, 0.717) is 43.4 Å². The predicted octanol–water partition coefficient (Wildman–Crippen LogP) is 3.72. The fraction of sp³-hybridized carbons (Fsp3) is 0.208. The van der Waals surface area contributed by atoms with E-state index < -0.39 is 21.7 Å². The largest absolute Gasteiger partial charge is 0.497 e. The van der Waals surface area contributed by atoms with Gasteiger partial charge in [0.1, 0.15) is 11.6 Å². The first-order valence-corrected chi connectivity index (χ1v) is 12.0. The number of benzene rings is 3. The van der Waals surface area contributed by atoms with Gasteiger partial charge in [-0.1, -0.05) is 6.07 Å². The minimum Gasteiger partial charge on any atom is -0.497 e. The molecule has 8 nitrogen and oxygen atoms in total. The monoisotopic (exact) mass is 485 g/mol. The number of rotatable bonds is 7. The van der Waals surface area contributed by atoms with E-state index in [1.165, 1.54) is 37.4 Å². The smallest absolute Gasteiger partial charge is 0.261 e. The van der Waals surface area contributed by atoms with Crippen LogP contribution in [0.4, 0.5) is 21.5 Å². The molecule has 0 radical (unpaired) electrons. The first-order chi connectivity index (χ1) is 16.4. The second-order valence-corrected chi connectivity index (χ2v) is 9.26. The van der Waals surface area contributed by atoms with E-state index in [9.17, 15) is 17.6 Å². The number of carbonyl (C=O) groups excluding carboxylic acids is 1. The fourth-order valence-corrected chi connectivity index (χ4v) is 4.63. The number of hydrogen-bond acceptors (Lipinski definition) is 6. The number of carbonyl (C=O) groups is 1. The molecular formula is C24H24FN3O5S. The maximum absolute atomic E-state index is 14.6. The third-order valence-corrected chi connectivity index (χ3v) is 6.69. The molecule has 0 aromatic heterocycles. The van der Waals surface area contributed by atoms with Crippen LogP contribution in [-0.2, 0) is 14.8 Å². The lowest BCUT2D eigenvalue weighted by Crippen LogP contribution is -2.36. The molecule has 4 rings (SSSR count). The number of nitrogens with one attached hydrogen (secondary N) is 2. The lowest BCUT2D eigenvalue weighted by atomic mass is 10.2. The highest BCUT2D eigenvalue weighted by atomic mass is 32.2. The SMILES string of the molecule is COc1ccc(NS(=O)(=O)c2cccc(C(=O)Nc3ccc(N4CCOCC4)c(F)c3)c2)cc1. The summed E-state index contributed by atoms with van der Waals surface area (Å²) < 4.78 is 53.0. The van der Waals surface area contributed by atoms with Crippen LogP contribution in [0.25, 0.3) is 0 Å². The van der Waals surface area contributed by atoms with E-state index in [1.807, 2.05) is 4.90 Å². The Balaban J connectivity index is 1.47. The standard InChI is InChI=1S/C24H24FN3O5S/c1-32-20-8-5-18(6-9-20)27-34(30,31)21-4-2-3-17(15-21)24(29)26-19-7-10-23(22(25)16-19)28-11-13-33-14-12-28/h2-10,15-16,27H,11-14H2,1H3,(H,26,29). The number of morpholine rings is 1. The molecule has 2 N–H and O–H groups in total. The fourth-order valence-electron chi connectivity index (χ4n) is 3.53. The zero-order valence-electron chi connectivity index (χ0n) is 18.5. The van der Waals surface area contributed by atoms with Crippen LogP contribution in [0.1, 0.15) is 10.4 Å². The van der Waals surface area contributed by atoms with Crippen LogP contribution in [0.5, 0.6) is 5.75 Å². The van der Waals surface area contributed by atoms with Crippen molar-refractivity contribution >= 4 is 33.0 Å². The van der Waals surface area contributed by atoms with Gasteiger partial charge in [0.25, 0.3) is 15.9 Å². The van der Waals surface area contributed by atoms with Gasteiger partial charge >= 0.3 is 0 Å². The van der Waals surface area contributed by atoms with Gasteiger partial charge in [-0.05, 0) is 60.7 Å². The van der Waals surface area contributed by atoms with Gasteiger partial charge in [-0.2, -0.15) is 0 Å². The van der Waals surface area contributed by atoms with Crippen molar-refractivity contribution < 1.29 is 27.1 Å². The average Bonchev–Trinajstić information content (AvgIpc) is 2.85. The summed E-state index contributed by atoms with van der Waals surface area (Å²) in [5.74, 6) is -0.421. The molecule has 1 amide bonds. The van der Waals surface area contributed by atoms with Crippen LogP contribution in [0, 0.1) is 5.82 Å². The molecule has 0 aliphatic carbocycles. The quantitative estimate of drug-likeness (QED) is 0.530. The van der Waals surface area contributed by atoms with Crippen molar-refractivity contribution in [2.24, 2.45) is 0 Å². The van der Waals surface area contributed by atoms with Crippen LogP contribution in [0.15, 0.2) is 71.6 Å². The summed E-state index contributed by atoms with van der Waals surface area (Å²) in [6.07, 6.45) is 0. The van der Waals surface area contributed by atoms with Crippen LogP contribution in [-0.4, -0.2) is 47.7 Å². The topological polar surface area (TPSA) is 97.0 Å². The molecule has 1 aliphatic heterocycles. The molecule has 1 aliphatic rings. The summed E-state index contributed by atoms with van der Waals surface area (Å²) in [5.41, 5.74) is 1.19. The van der Waals surface area contributed by atoms with Gasteiger partial charge in [-0.25, -0.2) is 12.8 Å². The highest BCUT2D eigenvalue weighted by molar-refractivity contribution is 7.92. The van der Waals surface area contributed by atoms with Gasteiger partial charge in [0.05, 0.1) is 30.9 Å². The van der Waals surface area contributed by atoms with E-state index in [0.717, 1.165) is 0 Å². The summed E-state index contributed by atoms with van der Waals surface area (Å²) in [5, 5.41) is 2.62. The molecule has 1 saturated heterocycles. The lowest BCUT2D eigenvalue weighted by Gasteiger charge is -2.29. The van der Waals surface area contributed by atoms with Crippen molar-refractivity contribution in [3.63, 3.8) is 0 Å². The number of anilines is 3. The van der Waals surface area contributed by atoms with Crippen molar-refractivity contribution in [1.82, 2.24) is 0 Å².